The molecule has 0 spiro atoms. The monoisotopic (exact) mass is 258 g/mol. The lowest BCUT2D eigenvalue weighted by atomic mass is 10.1. The highest BCUT2D eigenvalue weighted by molar-refractivity contribution is 5.89. The van der Waals surface area contributed by atoms with E-state index in [9.17, 15) is 9.59 Å². The second-order valence-electron chi connectivity index (χ2n) is 5.44. The summed E-state index contributed by atoms with van der Waals surface area (Å²) in [7, 11) is 0. The van der Waals surface area contributed by atoms with Gasteiger partial charge < -0.3 is 10.2 Å². The molecule has 19 heavy (non-hydrogen) atoms. The van der Waals surface area contributed by atoms with Crippen molar-refractivity contribution in [3.05, 3.63) is 35.9 Å². The smallest absolute Gasteiger partial charge is 0.225 e. The largest absolute Gasteiger partial charge is 0.353 e. The molecule has 0 aromatic heterocycles. The molecule has 2 fully saturated rings. The summed E-state index contributed by atoms with van der Waals surface area (Å²) in [5.74, 6) is -0.0389. The predicted molar refractivity (Wildman–Crippen MR) is 71.1 cm³/mol. The SMILES string of the molecule is O=C(NC1CC1)[C@@H]1CC(=O)N(Cc2ccccc2)C1. The van der Waals surface area contributed by atoms with Gasteiger partial charge in [-0.1, -0.05) is 30.3 Å². The molecule has 1 aromatic carbocycles. The highest BCUT2D eigenvalue weighted by atomic mass is 16.2. The van der Waals surface area contributed by atoms with Gasteiger partial charge in [-0.2, -0.15) is 0 Å². The zero-order valence-electron chi connectivity index (χ0n) is 10.8. The first-order valence-electron chi connectivity index (χ1n) is 6.84. The number of hydrogen-bond donors (Lipinski definition) is 1. The highest BCUT2D eigenvalue weighted by Crippen LogP contribution is 2.23. The normalized spacial score (nSPS) is 22.6. The third-order valence-electron chi connectivity index (χ3n) is 3.73. The van der Waals surface area contributed by atoms with E-state index in [1.807, 2.05) is 30.3 Å². The number of carbonyl (C=O) groups excluding carboxylic acids is 2. The fourth-order valence-electron chi connectivity index (χ4n) is 2.45. The average molecular weight is 258 g/mol. The number of benzene rings is 1. The molecule has 3 rings (SSSR count). The van der Waals surface area contributed by atoms with E-state index in [2.05, 4.69) is 5.32 Å². The van der Waals surface area contributed by atoms with Crippen molar-refractivity contribution in [2.45, 2.75) is 31.8 Å². The van der Waals surface area contributed by atoms with Gasteiger partial charge in [0, 0.05) is 25.6 Å². The minimum atomic E-state index is -0.170. The molecule has 4 heteroatoms. The van der Waals surface area contributed by atoms with E-state index in [1.165, 1.54) is 0 Å². The van der Waals surface area contributed by atoms with E-state index in [0.29, 0.717) is 25.6 Å². The van der Waals surface area contributed by atoms with Crippen LogP contribution in [0.3, 0.4) is 0 Å². The molecule has 1 N–H and O–H groups in total. The summed E-state index contributed by atoms with van der Waals surface area (Å²) in [6, 6.07) is 10.3. The molecule has 1 atom stereocenters. The Hall–Kier alpha value is -1.84. The maximum Gasteiger partial charge on any atom is 0.225 e. The van der Waals surface area contributed by atoms with Crippen molar-refractivity contribution in [1.82, 2.24) is 10.2 Å². The van der Waals surface area contributed by atoms with E-state index in [0.717, 1.165) is 18.4 Å². The lowest BCUT2D eigenvalue weighted by molar-refractivity contribution is -0.129. The molecule has 0 bridgehead atoms. The number of rotatable bonds is 4. The third kappa shape index (κ3) is 2.95. The van der Waals surface area contributed by atoms with Crippen molar-refractivity contribution in [3.63, 3.8) is 0 Å². The summed E-state index contributed by atoms with van der Waals surface area (Å²) in [5, 5.41) is 2.98. The van der Waals surface area contributed by atoms with Gasteiger partial charge in [0.05, 0.1) is 5.92 Å². The van der Waals surface area contributed by atoms with Crippen LogP contribution in [-0.4, -0.2) is 29.3 Å². The molecule has 2 amide bonds. The van der Waals surface area contributed by atoms with Gasteiger partial charge in [-0.15, -0.1) is 0 Å². The van der Waals surface area contributed by atoms with Crippen molar-refractivity contribution in [1.29, 1.82) is 0 Å². The number of amides is 2. The van der Waals surface area contributed by atoms with Crippen LogP contribution in [0.25, 0.3) is 0 Å². The molecule has 1 saturated heterocycles. The van der Waals surface area contributed by atoms with Crippen LogP contribution >= 0.6 is 0 Å². The zero-order valence-corrected chi connectivity index (χ0v) is 10.8. The van der Waals surface area contributed by atoms with Crippen LogP contribution < -0.4 is 5.32 Å². The van der Waals surface area contributed by atoms with Crippen LogP contribution in [0.4, 0.5) is 0 Å². The Labute approximate surface area is 112 Å². The number of hydrogen-bond acceptors (Lipinski definition) is 2. The molecule has 2 aliphatic rings. The zero-order chi connectivity index (χ0) is 13.2. The van der Waals surface area contributed by atoms with Crippen LogP contribution in [0.2, 0.25) is 0 Å². The predicted octanol–water partition coefficient (Wildman–Crippen LogP) is 1.31. The Morgan fingerprint density at radius 2 is 2.00 bits per heavy atom. The van der Waals surface area contributed by atoms with E-state index in [1.54, 1.807) is 4.90 Å². The maximum absolute atomic E-state index is 11.9. The van der Waals surface area contributed by atoms with Crippen molar-refractivity contribution >= 4 is 11.8 Å². The number of nitrogens with one attached hydrogen (secondary N) is 1. The molecule has 1 aromatic rings. The van der Waals surface area contributed by atoms with E-state index < -0.39 is 0 Å². The summed E-state index contributed by atoms with van der Waals surface area (Å²) in [4.78, 5) is 25.7. The van der Waals surface area contributed by atoms with Gasteiger partial charge >= 0.3 is 0 Å². The van der Waals surface area contributed by atoms with Crippen LogP contribution in [0, 0.1) is 5.92 Å². The summed E-state index contributed by atoms with van der Waals surface area (Å²) < 4.78 is 0. The summed E-state index contributed by atoms with van der Waals surface area (Å²) >= 11 is 0. The van der Waals surface area contributed by atoms with Gasteiger partial charge in [-0.3, -0.25) is 9.59 Å². The standard InChI is InChI=1S/C15H18N2O2/c18-14-8-12(15(19)16-13-6-7-13)10-17(14)9-11-4-2-1-3-5-11/h1-5,12-13H,6-10H2,(H,16,19)/t12-/m1/s1. The second-order valence-corrected chi connectivity index (χ2v) is 5.44. The molecule has 100 valence electrons. The quantitative estimate of drug-likeness (QED) is 0.885. The van der Waals surface area contributed by atoms with Crippen LogP contribution in [0.15, 0.2) is 30.3 Å². The van der Waals surface area contributed by atoms with Gasteiger partial charge in [0.1, 0.15) is 0 Å². The van der Waals surface area contributed by atoms with Crippen molar-refractivity contribution in [2.24, 2.45) is 5.92 Å². The summed E-state index contributed by atoms with van der Waals surface area (Å²) in [6.45, 7) is 1.15. The minimum Gasteiger partial charge on any atom is -0.353 e. The Balaban J connectivity index is 1.58. The van der Waals surface area contributed by atoms with Crippen LogP contribution in [0.5, 0.6) is 0 Å². The van der Waals surface area contributed by atoms with E-state index in [-0.39, 0.29) is 17.7 Å². The van der Waals surface area contributed by atoms with Crippen molar-refractivity contribution < 1.29 is 9.59 Å². The summed E-state index contributed by atoms with van der Waals surface area (Å²) in [5.41, 5.74) is 1.11. The number of nitrogens with zero attached hydrogens (tertiary/aromatic N) is 1. The molecule has 1 aliphatic heterocycles. The first-order valence-corrected chi connectivity index (χ1v) is 6.84. The fourth-order valence-corrected chi connectivity index (χ4v) is 2.45. The molecule has 1 saturated carbocycles. The lowest BCUT2D eigenvalue weighted by Crippen LogP contribution is -2.34. The molecule has 1 aliphatic carbocycles. The molecular weight excluding hydrogens is 240 g/mol. The van der Waals surface area contributed by atoms with E-state index in [4.69, 9.17) is 0 Å². The Morgan fingerprint density at radius 3 is 2.68 bits per heavy atom. The van der Waals surface area contributed by atoms with Crippen LogP contribution in [-0.2, 0) is 16.1 Å². The number of likely N-dealkylation sites (tertiary alicyclic amines) is 1. The molecule has 4 nitrogen and oxygen atoms in total. The van der Waals surface area contributed by atoms with Gasteiger partial charge in [-0.25, -0.2) is 0 Å². The summed E-state index contributed by atoms with van der Waals surface area (Å²) in [6.07, 6.45) is 2.52. The molecular formula is C15H18N2O2. The van der Waals surface area contributed by atoms with Gasteiger partial charge in [0.25, 0.3) is 0 Å². The van der Waals surface area contributed by atoms with Crippen molar-refractivity contribution in [2.75, 3.05) is 6.54 Å². The fraction of sp³-hybridized carbons (Fsp3) is 0.467. The maximum atomic E-state index is 11.9. The topological polar surface area (TPSA) is 49.4 Å². The first kappa shape index (κ1) is 12.2. The van der Waals surface area contributed by atoms with Gasteiger partial charge in [0.15, 0.2) is 0 Å². The van der Waals surface area contributed by atoms with Crippen molar-refractivity contribution in [3.8, 4) is 0 Å². The third-order valence-corrected chi connectivity index (χ3v) is 3.73. The second kappa shape index (κ2) is 5.03. The first-order chi connectivity index (χ1) is 9.22. The number of carbonyl (C=O) groups is 2. The lowest BCUT2D eigenvalue weighted by Gasteiger charge is -2.16. The molecule has 0 radical (unpaired) electrons. The van der Waals surface area contributed by atoms with Gasteiger partial charge in [0.2, 0.25) is 11.8 Å². The van der Waals surface area contributed by atoms with Crippen LogP contribution in [0.1, 0.15) is 24.8 Å². The van der Waals surface area contributed by atoms with E-state index >= 15 is 0 Å². The Bertz CT molecular complexity index is 482. The van der Waals surface area contributed by atoms with Gasteiger partial charge in [-0.05, 0) is 18.4 Å². The Kier molecular flexibility index (Phi) is 3.23. The Morgan fingerprint density at radius 1 is 1.26 bits per heavy atom. The minimum absolute atomic E-state index is 0.0476. The molecule has 0 unspecified atom stereocenters. The highest BCUT2D eigenvalue weighted by Gasteiger charge is 2.36. The molecule has 1 heterocycles. The average Bonchev–Trinajstić information content (AvgIpc) is 3.15.